The van der Waals surface area contributed by atoms with Gasteiger partial charge in [-0.05, 0) is 46.1 Å². The molecule has 0 saturated carbocycles. The van der Waals surface area contributed by atoms with Crippen LogP contribution in [-0.2, 0) is 0 Å². The molecule has 3 rings (SSSR count). The van der Waals surface area contributed by atoms with E-state index in [1.54, 1.807) is 6.07 Å². The van der Waals surface area contributed by atoms with Gasteiger partial charge in [0.2, 0.25) is 0 Å². The fourth-order valence-electron chi connectivity index (χ4n) is 2.86. The Hall–Kier alpha value is -1.99. The summed E-state index contributed by atoms with van der Waals surface area (Å²) in [6.07, 6.45) is -0.483. The lowest BCUT2D eigenvalue weighted by Gasteiger charge is -2.27. The molecule has 0 bridgehead atoms. The smallest absolute Gasteiger partial charge is 0.404 e. The van der Waals surface area contributed by atoms with Gasteiger partial charge in [0, 0.05) is 23.7 Å². The van der Waals surface area contributed by atoms with Gasteiger partial charge in [0.15, 0.2) is 0 Å². The maximum absolute atomic E-state index is 12.2. The van der Waals surface area contributed by atoms with Gasteiger partial charge in [0.1, 0.15) is 5.69 Å². The van der Waals surface area contributed by atoms with Crippen LogP contribution in [0.15, 0.2) is 34.9 Å². The van der Waals surface area contributed by atoms with Gasteiger partial charge in [-0.1, -0.05) is 23.7 Å². The normalized spacial score (nSPS) is 16.4. The summed E-state index contributed by atoms with van der Waals surface area (Å²) in [5.41, 5.74) is 2.33. The van der Waals surface area contributed by atoms with Crippen LogP contribution in [0.25, 0.3) is 11.1 Å². The van der Waals surface area contributed by atoms with Gasteiger partial charge in [0.25, 0.3) is 5.91 Å². The van der Waals surface area contributed by atoms with E-state index in [0.717, 1.165) is 15.7 Å². The van der Waals surface area contributed by atoms with Crippen molar-refractivity contribution in [3.8, 4) is 11.1 Å². The number of amides is 2. The molecule has 1 aromatic heterocycles. The van der Waals surface area contributed by atoms with Crippen molar-refractivity contribution in [2.75, 3.05) is 13.1 Å². The predicted octanol–water partition coefficient (Wildman–Crippen LogP) is 3.51. The summed E-state index contributed by atoms with van der Waals surface area (Å²) in [4.78, 5) is 22.8. The third-order valence-electron chi connectivity index (χ3n) is 3.96. The fraction of sp³-hybridized carbons (Fsp3) is 0.250. The van der Waals surface area contributed by atoms with Crippen molar-refractivity contribution in [3.05, 3.63) is 45.7 Å². The summed E-state index contributed by atoms with van der Waals surface area (Å²) < 4.78 is 2.70. The molecule has 1 atom stereocenters. The zero-order chi connectivity index (χ0) is 17.3. The minimum atomic E-state index is -1.05. The highest BCUT2D eigenvalue weighted by molar-refractivity contribution is 9.10. The minimum Gasteiger partial charge on any atom is -0.465 e. The van der Waals surface area contributed by atoms with E-state index in [1.165, 1.54) is 0 Å². The van der Waals surface area contributed by atoms with Crippen molar-refractivity contribution >= 4 is 39.5 Å². The van der Waals surface area contributed by atoms with E-state index in [4.69, 9.17) is 16.7 Å². The number of rotatable bonds is 4. The first kappa shape index (κ1) is 16.9. The summed E-state index contributed by atoms with van der Waals surface area (Å²) in [6, 6.07) is 9.20. The molecule has 1 aliphatic heterocycles. The number of nitrogens with zero attached hydrogens (tertiary/aromatic N) is 1. The summed E-state index contributed by atoms with van der Waals surface area (Å²) >= 11 is 9.65. The Morgan fingerprint density at radius 3 is 2.96 bits per heavy atom. The molecular formula is C16H15BrClN3O3. The highest BCUT2D eigenvalue weighted by Crippen LogP contribution is 2.37. The topological polar surface area (TPSA) is 83.4 Å². The second-order valence-electron chi connectivity index (χ2n) is 5.50. The van der Waals surface area contributed by atoms with Crippen LogP contribution in [0.2, 0.25) is 5.02 Å². The number of nitrogens with one attached hydrogen (secondary N) is 2. The van der Waals surface area contributed by atoms with Gasteiger partial charge in [-0.2, -0.15) is 0 Å². The number of halogens is 2. The Morgan fingerprint density at radius 2 is 2.25 bits per heavy atom. The number of carboxylic acid groups (broad SMARTS) is 1. The van der Waals surface area contributed by atoms with Crippen molar-refractivity contribution in [2.45, 2.75) is 12.5 Å². The van der Waals surface area contributed by atoms with Gasteiger partial charge >= 0.3 is 6.09 Å². The van der Waals surface area contributed by atoms with Crippen LogP contribution in [0, 0.1) is 0 Å². The molecule has 126 valence electrons. The fourth-order valence-corrected chi connectivity index (χ4v) is 3.88. The third kappa shape index (κ3) is 3.27. The number of hydrogen-bond acceptors (Lipinski definition) is 2. The monoisotopic (exact) mass is 411 g/mol. The van der Waals surface area contributed by atoms with Gasteiger partial charge in [0.05, 0.1) is 10.6 Å². The Morgan fingerprint density at radius 1 is 1.46 bits per heavy atom. The molecule has 0 radical (unpaired) electrons. The molecule has 1 aliphatic rings. The molecule has 3 N–H and O–H groups in total. The van der Waals surface area contributed by atoms with E-state index < -0.39 is 6.09 Å². The van der Waals surface area contributed by atoms with Crippen molar-refractivity contribution in [2.24, 2.45) is 0 Å². The van der Waals surface area contributed by atoms with Crippen molar-refractivity contribution in [1.82, 2.24) is 15.2 Å². The van der Waals surface area contributed by atoms with E-state index in [0.29, 0.717) is 30.2 Å². The maximum atomic E-state index is 12.2. The molecule has 8 heteroatoms. The molecule has 1 unspecified atom stereocenters. The number of carbonyl (C=O) groups is 2. The Labute approximate surface area is 151 Å². The largest absolute Gasteiger partial charge is 0.465 e. The quantitative estimate of drug-likeness (QED) is 0.718. The van der Waals surface area contributed by atoms with E-state index in [2.05, 4.69) is 26.6 Å². The summed E-state index contributed by atoms with van der Waals surface area (Å²) in [5, 5.41) is 14.5. The Bertz CT molecular complexity index is 806. The SMILES string of the molecule is O=C(O)NCCC1CNC(=O)c2cc(-c3cccc(Cl)c3)c(Br)n21. The molecule has 0 fully saturated rings. The first-order valence-corrected chi connectivity index (χ1v) is 8.56. The second-order valence-corrected chi connectivity index (χ2v) is 6.69. The van der Waals surface area contributed by atoms with E-state index in [9.17, 15) is 9.59 Å². The van der Waals surface area contributed by atoms with Gasteiger partial charge in [-0.3, -0.25) is 4.79 Å². The molecule has 6 nitrogen and oxygen atoms in total. The van der Waals surface area contributed by atoms with Gasteiger partial charge in [-0.25, -0.2) is 4.79 Å². The summed E-state index contributed by atoms with van der Waals surface area (Å²) in [6.45, 7) is 0.766. The molecule has 2 aromatic rings. The molecule has 1 aromatic carbocycles. The highest BCUT2D eigenvalue weighted by Gasteiger charge is 2.29. The van der Waals surface area contributed by atoms with Crippen LogP contribution in [0.4, 0.5) is 4.79 Å². The molecule has 0 spiro atoms. The number of benzene rings is 1. The first-order chi connectivity index (χ1) is 11.5. The highest BCUT2D eigenvalue weighted by atomic mass is 79.9. The van der Waals surface area contributed by atoms with Crippen LogP contribution < -0.4 is 10.6 Å². The summed E-state index contributed by atoms with van der Waals surface area (Å²) in [5.74, 6) is -0.147. The van der Waals surface area contributed by atoms with Crippen LogP contribution >= 0.6 is 27.5 Å². The lowest BCUT2D eigenvalue weighted by molar-refractivity contribution is 0.0911. The number of fused-ring (bicyclic) bond motifs is 1. The van der Waals surface area contributed by atoms with E-state index in [1.807, 2.05) is 28.8 Å². The molecule has 24 heavy (non-hydrogen) atoms. The molecular weight excluding hydrogens is 398 g/mol. The van der Waals surface area contributed by atoms with Crippen LogP contribution in [0.5, 0.6) is 0 Å². The van der Waals surface area contributed by atoms with Crippen molar-refractivity contribution in [3.63, 3.8) is 0 Å². The average molecular weight is 413 g/mol. The lowest BCUT2D eigenvalue weighted by atomic mass is 10.1. The Balaban J connectivity index is 1.96. The minimum absolute atomic E-state index is 0.0353. The zero-order valence-electron chi connectivity index (χ0n) is 12.6. The average Bonchev–Trinajstić information content (AvgIpc) is 2.88. The molecule has 2 amide bonds. The van der Waals surface area contributed by atoms with Crippen LogP contribution in [0.3, 0.4) is 0 Å². The standard InChI is InChI=1S/C16H15BrClN3O3/c17-14-12(9-2-1-3-10(18)6-9)7-13-15(22)20-8-11(21(13)14)4-5-19-16(23)24/h1-3,6-7,11,19H,4-5,8H2,(H,20,22)(H,23,24). The van der Waals surface area contributed by atoms with Crippen LogP contribution in [-0.4, -0.2) is 34.8 Å². The van der Waals surface area contributed by atoms with E-state index >= 15 is 0 Å². The van der Waals surface area contributed by atoms with E-state index in [-0.39, 0.29) is 11.9 Å². The third-order valence-corrected chi connectivity index (χ3v) is 5.00. The van der Waals surface area contributed by atoms with Crippen LogP contribution in [0.1, 0.15) is 23.0 Å². The number of carbonyl (C=O) groups excluding carboxylic acids is 1. The van der Waals surface area contributed by atoms with Gasteiger partial charge in [-0.15, -0.1) is 0 Å². The van der Waals surface area contributed by atoms with Crippen molar-refractivity contribution < 1.29 is 14.7 Å². The molecule has 2 heterocycles. The summed E-state index contributed by atoms with van der Waals surface area (Å²) in [7, 11) is 0. The molecule has 0 saturated heterocycles. The maximum Gasteiger partial charge on any atom is 0.404 e. The zero-order valence-corrected chi connectivity index (χ0v) is 14.9. The number of aromatic nitrogens is 1. The predicted molar refractivity (Wildman–Crippen MR) is 94.6 cm³/mol. The van der Waals surface area contributed by atoms with Crippen molar-refractivity contribution in [1.29, 1.82) is 0 Å². The number of hydrogen-bond donors (Lipinski definition) is 3. The van der Waals surface area contributed by atoms with Gasteiger partial charge < -0.3 is 20.3 Å². The first-order valence-electron chi connectivity index (χ1n) is 7.39. The second kappa shape index (κ2) is 6.86. The molecule has 0 aliphatic carbocycles. The lowest BCUT2D eigenvalue weighted by Crippen LogP contribution is -2.40. The Kier molecular flexibility index (Phi) is 4.82.